The van der Waals surface area contributed by atoms with E-state index in [9.17, 15) is 4.79 Å². The highest BCUT2D eigenvalue weighted by molar-refractivity contribution is 5.79. The van der Waals surface area contributed by atoms with Crippen LogP contribution in [0.25, 0.3) is 0 Å². The molecular weight excluding hydrogens is 212 g/mol. The molecule has 0 heterocycles. The van der Waals surface area contributed by atoms with Gasteiger partial charge in [0, 0.05) is 12.5 Å². The fourth-order valence-corrected chi connectivity index (χ4v) is 1.94. The molecule has 1 amide bonds. The minimum absolute atomic E-state index is 0.0318. The molecule has 1 aromatic rings. The number of amides is 1. The van der Waals surface area contributed by atoms with Gasteiger partial charge in [0.25, 0.3) is 0 Å². The number of benzene rings is 1. The molecule has 3 N–H and O–H groups in total. The lowest BCUT2D eigenvalue weighted by Gasteiger charge is -2.19. The lowest BCUT2D eigenvalue weighted by molar-refractivity contribution is -0.125. The summed E-state index contributed by atoms with van der Waals surface area (Å²) in [5.41, 5.74) is 7.92. The summed E-state index contributed by atoms with van der Waals surface area (Å²) in [6.45, 7) is 6.44. The van der Waals surface area contributed by atoms with E-state index in [4.69, 9.17) is 5.73 Å². The standard InChI is InChI=1S/C14H22N2O/c1-4-12(9-15)14(17)16-11(3)13-8-6-5-7-10(13)2/h5-8,11-12H,4,9,15H2,1-3H3,(H,16,17)/t11-,12?/m1/s1. The van der Waals surface area contributed by atoms with Gasteiger partial charge in [0.1, 0.15) is 0 Å². The Hall–Kier alpha value is -1.35. The molecule has 1 aromatic carbocycles. The first-order chi connectivity index (χ1) is 8.10. The van der Waals surface area contributed by atoms with Crippen molar-refractivity contribution in [1.29, 1.82) is 0 Å². The molecule has 0 aliphatic heterocycles. The minimum atomic E-state index is -0.0820. The molecule has 94 valence electrons. The number of aryl methyl sites for hydroxylation is 1. The molecule has 1 unspecified atom stereocenters. The van der Waals surface area contributed by atoms with Crippen LogP contribution < -0.4 is 11.1 Å². The normalized spacial score (nSPS) is 14.1. The van der Waals surface area contributed by atoms with Gasteiger partial charge >= 0.3 is 0 Å². The Labute approximate surface area is 103 Å². The highest BCUT2D eigenvalue weighted by Gasteiger charge is 2.17. The zero-order chi connectivity index (χ0) is 12.8. The van der Waals surface area contributed by atoms with E-state index in [1.54, 1.807) is 0 Å². The van der Waals surface area contributed by atoms with E-state index < -0.39 is 0 Å². The van der Waals surface area contributed by atoms with E-state index in [1.165, 1.54) is 5.56 Å². The average Bonchev–Trinajstić information content (AvgIpc) is 2.31. The van der Waals surface area contributed by atoms with E-state index in [1.807, 2.05) is 32.0 Å². The highest BCUT2D eigenvalue weighted by atomic mass is 16.1. The Kier molecular flexibility index (Phi) is 5.16. The van der Waals surface area contributed by atoms with Crippen molar-refractivity contribution in [3.05, 3.63) is 35.4 Å². The van der Waals surface area contributed by atoms with Crippen molar-refractivity contribution in [3.8, 4) is 0 Å². The lowest BCUT2D eigenvalue weighted by Crippen LogP contribution is -2.36. The maximum atomic E-state index is 11.9. The monoisotopic (exact) mass is 234 g/mol. The van der Waals surface area contributed by atoms with Crippen LogP contribution in [0.5, 0.6) is 0 Å². The van der Waals surface area contributed by atoms with E-state index in [2.05, 4.69) is 18.3 Å². The average molecular weight is 234 g/mol. The summed E-state index contributed by atoms with van der Waals surface area (Å²) in [6.07, 6.45) is 0.781. The third kappa shape index (κ3) is 3.56. The van der Waals surface area contributed by atoms with Gasteiger partial charge in [-0.1, -0.05) is 31.2 Å². The molecule has 0 spiro atoms. The summed E-state index contributed by atoms with van der Waals surface area (Å²) in [5.74, 6) is -0.0350. The van der Waals surface area contributed by atoms with Crippen LogP contribution in [0.4, 0.5) is 0 Å². The number of carbonyl (C=O) groups is 1. The predicted octanol–water partition coefficient (Wildman–Crippen LogP) is 2.16. The molecule has 0 bridgehead atoms. The van der Waals surface area contributed by atoms with Crippen LogP contribution >= 0.6 is 0 Å². The first-order valence-electron chi connectivity index (χ1n) is 6.16. The third-order valence-electron chi connectivity index (χ3n) is 3.16. The Morgan fingerprint density at radius 1 is 1.41 bits per heavy atom. The first-order valence-corrected chi connectivity index (χ1v) is 6.16. The highest BCUT2D eigenvalue weighted by Crippen LogP contribution is 2.17. The van der Waals surface area contributed by atoms with Crippen LogP contribution in [0.3, 0.4) is 0 Å². The van der Waals surface area contributed by atoms with Gasteiger partial charge in [0.05, 0.1) is 6.04 Å². The van der Waals surface area contributed by atoms with Crippen molar-refractivity contribution in [2.24, 2.45) is 11.7 Å². The number of nitrogens with two attached hydrogens (primary N) is 1. The summed E-state index contributed by atoms with van der Waals surface area (Å²) >= 11 is 0. The van der Waals surface area contributed by atoms with Gasteiger partial charge in [0.15, 0.2) is 0 Å². The maximum Gasteiger partial charge on any atom is 0.224 e. The second-order valence-corrected chi connectivity index (χ2v) is 4.43. The van der Waals surface area contributed by atoms with Crippen LogP contribution in [-0.4, -0.2) is 12.5 Å². The molecule has 17 heavy (non-hydrogen) atoms. The topological polar surface area (TPSA) is 55.1 Å². The Balaban J connectivity index is 2.70. The van der Waals surface area contributed by atoms with Crippen LogP contribution in [0.1, 0.15) is 37.4 Å². The number of nitrogens with one attached hydrogen (secondary N) is 1. The number of carbonyl (C=O) groups excluding carboxylic acids is 1. The van der Waals surface area contributed by atoms with Gasteiger partial charge in [-0.05, 0) is 31.4 Å². The van der Waals surface area contributed by atoms with Crippen LogP contribution in [-0.2, 0) is 4.79 Å². The summed E-state index contributed by atoms with van der Waals surface area (Å²) in [4.78, 5) is 11.9. The van der Waals surface area contributed by atoms with Crippen LogP contribution in [0.15, 0.2) is 24.3 Å². The van der Waals surface area contributed by atoms with Gasteiger partial charge < -0.3 is 11.1 Å². The fraction of sp³-hybridized carbons (Fsp3) is 0.500. The van der Waals surface area contributed by atoms with Gasteiger partial charge in [0.2, 0.25) is 5.91 Å². The zero-order valence-corrected chi connectivity index (χ0v) is 10.9. The quantitative estimate of drug-likeness (QED) is 0.820. The molecule has 0 aliphatic carbocycles. The lowest BCUT2D eigenvalue weighted by atomic mass is 10.0. The van der Waals surface area contributed by atoms with Crippen LogP contribution in [0, 0.1) is 12.8 Å². The Bertz CT molecular complexity index is 372. The van der Waals surface area contributed by atoms with Crippen molar-refractivity contribution >= 4 is 5.91 Å². The van der Waals surface area contributed by atoms with E-state index >= 15 is 0 Å². The molecule has 1 rings (SSSR count). The van der Waals surface area contributed by atoms with Crippen molar-refractivity contribution in [3.63, 3.8) is 0 Å². The largest absolute Gasteiger partial charge is 0.349 e. The van der Waals surface area contributed by atoms with Gasteiger partial charge in [-0.25, -0.2) is 0 Å². The van der Waals surface area contributed by atoms with Crippen LogP contribution in [0.2, 0.25) is 0 Å². The van der Waals surface area contributed by atoms with Crippen molar-refractivity contribution in [2.45, 2.75) is 33.2 Å². The predicted molar refractivity (Wildman–Crippen MR) is 70.6 cm³/mol. The van der Waals surface area contributed by atoms with Gasteiger partial charge in [-0.2, -0.15) is 0 Å². The second-order valence-electron chi connectivity index (χ2n) is 4.43. The molecule has 0 saturated carbocycles. The SMILES string of the molecule is CCC(CN)C(=O)N[C@H](C)c1ccccc1C. The maximum absolute atomic E-state index is 11.9. The fourth-order valence-electron chi connectivity index (χ4n) is 1.94. The summed E-state index contributed by atoms with van der Waals surface area (Å²) in [7, 11) is 0. The number of hydrogen-bond acceptors (Lipinski definition) is 2. The molecule has 0 fully saturated rings. The molecule has 2 atom stereocenters. The minimum Gasteiger partial charge on any atom is -0.349 e. The zero-order valence-electron chi connectivity index (χ0n) is 10.9. The number of hydrogen-bond donors (Lipinski definition) is 2. The molecule has 0 radical (unpaired) electrons. The molecular formula is C14H22N2O. The summed E-state index contributed by atoms with van der Waals surface area (Å²) < 4.78 is 0. The summed E-state index contributed by atoms with van der Waals surface area (Å²) in [5, 5.41) is 3.02. The van der Waals surface area contributed by atoms with E-state index in [0.29, 0.717) is 6.54 Å². The Morgan fingerprint density at radius 3 is 2.59 bits per heavy atom. The van der Waals surface area contributed by atoms with Crippen molar-refractivity contribution < 1.29 is 4.79 Å². The molecule has 0 aliphatic rings. The smallest absolute Gasteiger partial charge is 0.224 e. The van der Waals surface area contributed by atoms with Gasteiger partial charge in [-0.3, -0.25) is 4.79 Å². The second kappa shape index (κ2) is 6.40. The number of rotatable bonds is 5. The summed E-state index contributed by atoms with van der Waals surface area (Å²) in [6, 6.07) is 8.12. The first kappa shape index (κ1) is 13.7. The van der Waals surface area contributed by atoms with Crippen molar-refractivity contribution in [1.82, 2.24) is 5.32 Å². The molecule has 3 nitrogen and oxygen atoms in total. The van der Waals surface area contributed by atoms with Crippen molar-refractivity contribution in [2.75, 3.05) is 6.54 Å². The third-order valence-corrected chi connectivity index (χ3v) is 3.16. The Morgan fingerprint density at radius 2 is 2.06 bits per heavy atom. The van der Waals surface area contributed by atoms with E-state index in [0.717, 1.165) is 12.0 Å². The molecule has 0 aromatic heterocycles. The molecule has 0 saturated heterocycles. The van der Waals surface area contributed by atoms with E-state index in [-0.39, 0.29) is 17.9 Å². The van der Waals surface area contributed by atoms with Gasteiger partial charge in [-0.15, -0.1) is 0 Å². The molecule has 3 heteroatoms.